The summed E-state index contributed by atoms with van der Waals surface area (Å²) in [7, 11) is 1.51. The van der Waals surface area contributed by atoms with E-state index in [1.54, 1.807) is 12.1 Å². The van der Waals surface area contributed by atoms with Gasteiger partial charge in [-0.15, -0.1) is 0 Å². The highest BCUT2D eigenvalue weighted by Crippen LogP contribution is 2.32. The molecule has 1 saturated heterocycles. The van der Waals surface area contributed by atoms with Crippen LogP contribution in [0.2, 0.25) is 0 Å². The molecule has 1 heterocycles. The van der Waals surface area contributed by atoms with E-state index >= 15 is 0 Å². The maximum Gasteiger partial charge on any atom is 0.296 e. The zero-order valence-electron chi connectivity index (χ0n) is 10.5. The van der Waals surface area contributed by atoms with Crippen LogP contribution in [0.1, 0.15) is 6.92 Å². The van der Waals surface area contributed by atoms with E-state index in [2.05, 4.69) is 12.2 Å². The van der Waals surface area contributed by atoms with E-state index in [0.29, 0.717) is 17.5 Å². The fourth-order valence-electron chi connectivity index (χ4n) is 2.19. The minimum Gasteiger partial charge on any atom is -0.496 e. The molecule has 1 N–H and O–H groups in total. The van der Waals surface area contributed by atoms with Crippen molar-refractivity contribution in [1.82, 2.24) is 5.32 Å². The van der Waals surface area contributed by atoms with Gasteiger partial charge in [0.2, 0.25) is 0 Å². The second kappa shape index (κ2) is 5.22. The minimum atomic E-state index is -0.357. The molecule has 6 heteroatoms. The van der Waals surface area contributed by atoms with E-state index < -0.39 is 0 Å². The van der Waals surface area contributed by atoms with Gasteiger partial charge in [0.05, 0.1) is 18.1 Å². The molecule has 18 heavy (non-hydrogen) atoms. The molecule has 0 aliphatic carbocycles. The monoisotopic (exact) mass is 251 g/mol. The Labute approximate surface area is 106 Å². The molecule has 0 radical (unpaired) electrons. The summed E-state index contributed by atoms with van der Waals surface area (Å²) in [5, 5.41) is 14.4. The van der Waals surface area contributed by atoms with Gasteiger partial charge < -0.3 is 15.0 Å². The Kier molecular flexibility index (Phi) is 3.66. The number of hydrogen-bond donors (Lipinski definition) is 1. The van der Waals surface area contributed by atoms with Gasteiger partial charge in [-0.1, -0.05) is 0 Å². The molecule has 1 aliphatic rings. The highest BCUT2D eigenvalue weighted by molar-refractivity contribution is 5.65. The molecule has 1 fully saturated rings. The molecule has 0 unspecified atom stereocenters. The number of rotatable bonds is 3. The van der Waals surface area contributed by atoms with Crippen molar-refractivity contribution in [2.45, 2.75) is 13.0 Å². The van der Waals surface area contributed by atoms with Crippen LogP contribution in [0.25, 0.3) is 0 Å². The van der Waals surface area contributed by atoms with Gasteiger partial charge in [0, 0.05) is 25.7 Å². The number of nitro groups is 1. The maximum absolute atomic E-state index is 11.1. The molecule has 1 aliphatic heterocycles. The third-order valence-electron chi connectivity index (χ3n) is 3.09. The maximum atomic E-state index is 11.1. The van der Waals surface area contributed by atoms with Crippen LogP contribution in [0.3, 0.4) is 0 Å². The van der Waals surface area contributed by atoms with E-state index in [1.807, 2.05) is 4.90 Å². The first-order chi connectivity index (χ1) is 8.61. The van der Waals surface area contributed by atoms with Gasteiger partial charge in [-0.05, 0) is 19.1 Å². The third-order valence-corrected chi connectivity index (χ3v) is 3.09. The summed E-state index contributed by atoms with van der Waals surface area (Å²) >= 11 is 0. The summed E-state index contributed by atoms with van der Waals surface area (Å²) in [5.41, 5.74) is 0.762. The number of methoxy groups -OCH3 is 1. The predicted octanol–water partition coefficient (Wildman–Crippen LogP) is 1.40. The number of hydrogen-bond acceptors (Lipinski definition) is 5. The van der Waals surface area contributed by atoms with Crippen LogP contribution >= 0.6 is 0 Å². The summed E-state index contributed by atoms with van der Waals surface area (Å²) in [6.07, 6.45) is 0. The van der Waals surface area contributed by atoms with Crippen molar-refractivity contribution in [2.75, 3.05) is 31.6 Å². The van der Waals surface area contributed by atoms with Crippen molar-refractivity contribution >= 4 is 11.4 Å². The Hall–Kier alpha value is -1.82. The van der Waals surface area contributed by atoms with Crippen molar-refractivity contribution < 1.29 is 9.66 Å². The molecule has 1 aromatic carbocycles. The topological polar surface area (TPSA) is 67.6 Å². The molecular weight excluding hydrogens is 234 g/mol. The van der Waals surface area contributed by atoms with Crippen molar-refractivity contribution in [2.24, 2.45) is 0 Å². The molecule has 98 valence electrons. The number of nitrogens with zero attached hydrogens (tertiary/aromatic N) is 2. The number of benzene rings is 1. The van der Waals surface area contributed by atoms with Gasteiger partial charge in [0.1, 0.15) is 11.4 Å². The summed E-state index contributed by atoms with van der Waals surface area (Å²) in [4.78, 5) is 12.8. The fraction of sp³-hybridized carbons (Fsp3) is 0.500. The first kappa shape index (κ1) is 12.6. The number of anilines is 1. The highest BCUT2D eigenvalue weighted by Gasteiger charge is 2.23. The van der Waals surface area contributed by atoms with Gasteiger partial charge in [0.25, 0.3) is 5.69 Å². The van der Waals surface area contributed by atoms with Gasteiger partial charge in [0.15, 0.2) is 0 Å². The molecule has 1 aromatic rings. The van der Waals surface area contributed by atoms with Crippen LogP contribution in [0.15, 0.2) is 18.2 Å². The molecular formula is C12H17N3O3. The lowest BCUT2D eigenvalue weighted by Gasteiger charge is -2.33. The Balaban J connectivity index is 2.33. The van der Waals surface area contributed by atoms with Crippen molar-refractivity contribution in [3.05, 3.63) is 28.3 Å². The first-order valence-corrected chi connectivity index (χ1v) is 5.92. The predicted molar refractivity (Wildman–Crippen MR) is 69.3 cm³/mol. The van der Waals surface area contributed by atoms with Crippen molar-refractivity contribution in [3.8, 4) is 5.75 Å². The number of nitrogens with one attached hydrogen (secondary N) is 1. The Morgan fingerprint density at radius 3 is 2.94 bits per heavy atom. The average molecular weight is 251 g/mol. The molecule has 0 spiro atoms. The minimum absolute atomic E-state index is 0.100. The zero-order valence-corrected chi connectivity index (χ0v) is 10.5. The zero-order chi connectivity index (χ0) is 13.1. The highest BCUT2D eigenvalue weighted by atomic mass is 16.6. The normalized spacial score (nSPS) is 19.7. The SMILES string of the molecule is COc1ccc(N2CCN[C@H](C)C2)c([N+](=O)[O-])c1. The fourth-order valence-corrected chi connectivity index (χ4v) is 2.19. The smallest absolute Gasteiger partial charge is 0.296 e. The standard InChI is InChI=1S/C12H17N3O3/c1-9-8-14(6-5-13-9)11-4-3-10(18-2)7-12(11)15(16)17/h3-4,7,9,13H,5-6,8H2,1-2H3/t9-/m1/s1. The summed E-state index contributed by atoms with van der Waals surface area (Å²) in [5.74, 6) is 0.508. The van der Waals surface area contributed by atoms with Crippen molar-refractivity contribution in [1.29, 1.82) is 0 Å². The second-order valence-electron chi connectivity index (χ2n) is 4.41. The average Bonchev–Trinajstić information content (AvgIpc) is 2.38. The van der Waals surface area contributed by atoms with E-state index in [9.17, 15) is 10.1 Å². The van der Waals surface area contributed by atoms with E-state index in [4.69, 9.17) is 4.74 Å². The quantitative estimate of drug-likeness (QED) is 0.649. The van der Waals surface area contributed by atoms with Crippen molar-refractivity contribution in [3.63, 3.8) is 0 Å². The summed E-state index contributed by atoms with van der Waals surface area (Å²) in [6.45, 7) is 4.45. The third kappa shape index (κ3) is 2.53. The van der Waals surface area contributed by atoms with Crippen LogP contribution in [-0.2, 0) is 0 Å². The van der Waals surface area contributed by atoms with Gasteiger partial charge in [-0.3, -0.25) is 10.1 Å². The van der Waals surface area contributed by atoms with Crippen LogP contribution in [-0.4, -0.2) is 37.7 Å². The van der Waals surface area contributed by atoms with E-state index in [-0.39, 0.29) is 10.6 Å². The molecule has 2 rings (SSSR count). The molecule has 0 bridgehead atoms. The van der Waals surface area contributed by atoms with Crippen LogP contribution < -0.4 is 15.0 Å². The van der Waals surface area contributed by atoms with Gasteiger partial charge in [-0.2, -0.15) is 0 Å². The second-order valence-corrected chi connectivity index (χ2v) is 4.41. The molecule has 1 atom stereocenters. The molecule has 0 amide bonds. The lowest BCUT2D eigenvalue weighted by Crippen LogP contribution is -2.49. The van der Waals surface area contributed by atoms with E-state index in [0.717, 1.165) is 19.6 Å². The Morgan fingerprint density at radius 2 is 2.33 bits per heavy atom. The number of piperazine rings is 1. The summed E-state index contributed by atoms with van der Waals surface area (Å²) < 4.78 is 5.03. The Morgan fingerprint density at radius 1 is 1.56 bits per heavy atom. The van der Waals surface area contributed by atoms with E-state index in [1.165, 1.54) is 13.2 Å². The lowest BCUT2D eigenvalue weighted by atomic mass is 10.1. The molecule has 6 nitrogen and oxygen atoms in total. The number of nitro benzene ring substituents is 1. The molecule has 0 aromatic heterocycles. The largest absolute Gasteiger partial charge is 0.496 e. The van der Waals surface area contributed by atoms with Gasteiger partial charge >= 0.3 is 0 Å². The van der Waals surface area contributed by atoms with Crippen LogP contribution in [0.4, 0.5) is 11.4 Å². The molecule has 0 saturated carbocycles. The lowest BCUT2D eigenvalue weighted by molar-refractivity contribution is -0.384. The first-order valence-electron chi connectivity index (χ1n) is 5.92. The van der Waals surface area contributed by atoms with Crippen LogP contribution in [0, 0.1) is 10.1 Å². The van der Waals surface area contributed by atoms with Gasteiger partial charge in [-0.25, -0.2) is 0 Å². The number of ether oxygens (including phenoxy) is 1. The Bertz CT molecular complexity index is 450. The summed E-state index contributed by atoms with van der Waals surface area (Å²) in [6, 6.07) is 5.33. The van der Waals surface area contributed by atoms with Crippen LogP contribution in [0.5, 0.6) is 5.75 Å².